The van der Waals surface area contributed by atoms with E-state index in [4.69, 9.17) is 0 Å². The Hall–Kier alpha value is -7.02. The van der Waals surface area contributed by atoms with E-state index in [0.29, 0.717) is 0 Å². The Bertz CT molecular complexity index is 3210. The van der Waals surface area contributed by atoms with Gasteiger partial charge in [-0.05, 0) is 109 Å². The molecule has 0 amide bonds. The highest BCUT2D eigenvalue weighted by molar-refractivity contribution is 6.43. The summed E-state index contributed by atoms with van der Waals surface area (Å²) in [5, 5.41) is 15.3. The van der Waals surface area contributed by atoms with Crippen LogP contribution in [0.3, 0.4) is 0 Å². The van der Waals surface area contributed by atoms with Gasteiger partial charge in [0.1, 0.15) is 0 Å². The van der Waals surface area contributed by atoms with Crippen LogP contribution < -0.4 is 0 Å². The topological polar surface area (TPSA) is 0 Å². The summed E-state index contributed by atoms with van der Waals surface area (Å²) in [5.74, 6) is 0. The average Bonchev–Trinajstić information content (AvgIpc) is 3.25. The van der Waals surface area contributed by atoms with Crippen molar-refractivity contribution in [2.75, 3.05) is 0 Å². The highest BCUT2D eigenvalue weighted by atomic mass is 14.3. The van der Waals surface area contributed by atoms with Crippen LogP contribution in [0.15, 0.2) is 206 Å². The fourth-order valence-electron chi connectivity index (χ4n) is 9.26. The van der Waals surface area contributed by atoms with Crippen molar-refractivity contribution < 1.29 is 0 Å². The first kappa shape index (κ1) is 30.6. The minimum Gasteiger partial charge on any atom is -0.0622 e. The third-order valence-corrected chi connectivity index (χ3v) is 11.4. The molecule has 11 aromatic carbocycles. The van der Waals surface area contributed by atoms with Crippen molar-refractivity contribution in [2.24, 2.45) is 0 Å². The lowest BCUT2D eigenvalue weighted by atomic mass is 9.75. The predicted molar refractivity (Wildman–Crippen MR) is 233 cm³/mol. The number of benzene rings is 11. The summed E-state index contributed by atoms with van der Waals surface area (Å²) >= 11 is 0. The Kier molecular flexibility index (Phi) is 6.97. The molecule has 0 spiro atoms. The molecular weight excluding hydrogens is 649 g/mol. The van der Waals surface area contributed by atoms with Crippen LogP contribution in [0.2, 0.25) is 0 Å². The van der Waals surface area contributed by atoms with Gasteiger partial charge in [0.2, 0.25) is 0 Å². The molecule has 0 radical (unpaired) electrons. The fourth-order valence-corrected chi connectivity index (χ4v) is 9.26. The third kappa shape index (κ3) is 4.50. The summed E-state index contributed by atoms with van der Waals surface area (Å²) in [6, 6.07) is 76.1. The Balaban J connectivity index is 1.61. The molecule has 0 nitrogen and oxygen atoms in total. The first-order valence-corrected chi connectivity index (χ1v) is 18.8. The summed E-state index contributed by atoms with van der Waals surface area (Å²) < 4.78 is 0. The molecular formula is C54H34. The summed E-state index contributed by atoms with van der Waals surface area (Å²) in [5.41, 5.74) is 9.92. The summed E-state index contributed by atoms with van der Waals surface area (Å²) in [4.78, 5) is 0. The maximum Gasteiger partial charge on any atom is -0.000116 e. The first-order valence-electron chi connectivity index (χ1n) is 18.8. The zero-order chi connectivity index (χ0) is 35.6. The van der Waals surface area contributed by atoms with Crippen LogP contribution in [0.25, 0.3) is 109 Å². The van der Waals surface area contributed by atoms with Crippen molar-refractivity contribution in [1.29, 1.82) is 0 Å². The van der Waals surface area contributed by atoms with Crippen molar-refractivity contribution >= 4 is 64.6 Å². The lowest BCUT2D eigenvalue weighted by molar-refractivity contribution is 1.64. The van der Waals surface area contributed by atoms with Crippen LogP contribution in [0.5, 0.6) is 0 Å². The Morgan fingerprint density at radius 2 is 0.519 bits per heavy atom. The van der Waals surface area contributed by atoms with Gasteiger partial charge in [-0.1, -0.05) is 206 Å². The lowest BCUT2D eigenvalue weighted by Crippen LogP contribution is -1.99. The fraction of sp³-hybridized carbons (Fsp3) is 0. The molecule has 0 bridgehead atoms. The second-order valence-electron chi connectivity index (χ2n) is 14.3. The van der Waals surface area contributed by atoms with Gasteiger partial charge >= 0.3 is 0 Å². The molecule has 0 unspecified atom stereocenters. The zero-order valence-corrected chi connectivity index (χ0v) is 29.6. The van der Waals surface area contributed by atoms with Crippen LogP contribution in [0, 0.1) is 0 Å². The van der Waals surface area contributed by atoms with E-state index in [-0.39, 0.29) is 0 Å². The molecule has 0 aliphatic rings. The molecule has 54 heavy (non-hydrogen) atoms. The lowest BCUT2D eigenvalue weighted by Gasteiger charge is -2.27. The van der Waals surface area contributed by atoms with Crippen LogP contribution in [0.4, 0.5) is 0 Å². The van der Waals surface area contributed by atoms with Crippen molar-refractivity contribution in [1.82, 2.24) is 0 Å². The standard InChI is InChI=1S/C54H34/c1-5-20-36(21-6-1)46-43-31-17-18-32-44(43)47(37-22-7-2-8-23-37)53-49(39-26-11-4-12-27-39)54-50-40-28-14-13-19-35(40)33-34-45(50)41-29-15-16-30-42(41)51(54)48(52(46)53)38-24-9-3-10-25-38/h1-34H. The second-order valence-corrected chi connectivity index (χ2v) is 14.3. The van der Waals surface area contributed by atoms with E-state index in [1.165, 1.54) is 109 Å². The summed E-state index contributed by atoms with van der Waals surface area (Å²) in [7, 11) is 0. The van der Waals surface area contributed by atoms with Gasteiger partial charge in [-0.2, -0.15) is 0 Å². The largest absolute Gasteiger partial charge is 0.0622 e. The van der Waals surface area contributed by atoms with E-state index in [0.717, 1.165) is 0 Å². The molecule has 0 atom stereocenters. The molecule has 250 valence electrons. The highest BCUT2D eigenvalue weighted by Crippen LogP contribution is 2.56. The molecule has 0 heteroatoms. The van der Waals surface area contributed by atoms with Gasteiger partial charge in [-0.15, -0.1) is 0 Å². The molecule has 0 saturated heterocycles. The molecule has 0 N–H and O–H groups in total. The highest BCUT2D eigenvalue weighted by Gasteiger charge is 2.28. The molecule has 0 heterocycles. The molecule has 0 aromatic heterocycles. The van der Waals surface area contributed by atoms with Crippen molar-refractivity contribution in [3.05, 3.63) is 206 Å². The molecule has 0 fully saturated rings. The third-order valence-electron chi connectivity index (χ3n) is 11.4. The van der Waals surface area contributed by atoms with Crippen LogP contribution >= 0.6 is 0 Å². The van der Waals surface area contributed by atoms with E-state index < -0.39 is 0 Å². The van der Waals surface area contributed by atoms with Gasteiger partial charge in [-0.3, -0.25) is 0 Å². The van der Waals surface area contributed by atoms with Gasteiger partial charge in [0.05, 0.1) is 0 Å². The molecule has 11 aromatic rings. The maximum atomic E-state index is 2.36. The Labute approximate surface area is 314 Å². The van der Waals surface area contributed by atoms with E-state index >= 15 is 0 Å². The van der Waals surface area contributed by atoms with Crippen molar-refractivity contribution in [2.45, 2.75) is 0 Å². The monoisotopic (exact) mass is 682 g/mol. The number of rotatable bonds is 4. The number of hydrogen-bond acceptors (Lipinski definition) is 0. The Morgan fingerprint density at radius 1 is 0.167 bits per heavy atom. The molecule has 0 aliphatic carbocycles. The summed E-state index contributed by atoms with van der Waals surface area (Å²) in [6.07, 6.45) is 0. The maximum absolute atomic E-state index is 2.36. The molecule has 0 saturated carbocycles. The predicted octanol–water partition coefficient (Wildman–Crippen LogP) is 15.3. The van der Waals surface area contributed by atoms with E-state index in [1.54, 1.807) is 0 Å². The molecule has 0 aliphatic heterocycles. The van der Waals surface area contributed by atoms with Crippen LogP contribution in [-0.2, 0) is 0 Å². The Morgan fingerprint density at radius 3 is 1.02 bits per heavy atom. The number of fused-ring (bicyclic) bond motifs is 10. The van der Waals surface area contributed by atoms with E-state index in [9.17, 15) is 0 Å². The van der Waals surface area contributed by atoms with Gasteiger partial charge < -0.3 is 0 Å². The minimum absolute atomic E-state index is 1.21. The van der Waals surface area contributed by atoms with Crippen molar-refractivity contribution in [3.8, 4) is 44.5 Å². The van der Waals surface area contributed by atoms with Crippen LogP contribution in [-0.4, -0.2) is 0 Å². The summed E-state index contributed by atoms with van der Waals surface area (Å²) in [6.45, 7) is 0. The molecule has 11 rings (SSSR count). The van der Waals surface area contributed by atoms with Gasteiger partial charge in [0.25, 0.3) is 0 Å². The van der Waals surface area contributed by atoms with Gasteiger partial charge in [0.15, 0.2) is 0 Å². The quantitative estimate of drug-likeness (QED) is 0.128. The van der Waals surface area contributed by atoms with E-state index in [2.05, 4.69) is 206 Å². The smallest absolute Gasteiger partial charge is 0.000116 e. The normalized spacial score (nSPS) is 11.7. The first-order chi connectivity index (χ1) is 26.9. The second kappa shape index (κ2) is 12.3. The zero-order valence-electron chi connectivity index (χ0n) is 29.6. The minimum atomic E-state index is 1.21. The van der Waals surface area contributed by atoms with Gasteiger partial charge in [-0.25, -0.2) is 0 Å². The van der Waals surface area contributed by atoms with Gasteiger partial charge in [0, 0.05) is 0 Å². The van der Waals surface area contributed by atoms with Crippen molar-refractivity contribution in [3.63, 3.8) is 0 Å². The van der Waals surface area contributed by atoms with Crippen LogP contribution in [0.1, 0.15) is 0 Å². The number of hydrogen-bond donors (Lipinski definition) is 0. The average molecular weight is 683 g/mol. The van der Waals surface area contributed by atoms with E-state index in [1.807, 2.05) is 0 Å². The SMILES string of the molecule is c1ccc(-c2c3ccccc3c(-c3ccccc3)c3c(-c4ccccc4)c4c(c(-c5ccccc5)c23)c2ccccc2c2ccc3ccccc3c24)cc1.